The number of carbonyl (C=O) groups excluding carboxylic acids is 2. The molecule has 6 heteroatoms. The molecular weight excluding hydrogens is 364 g/mol. The summed E-state index contributed by atoms with van der Waals surface area (Å²) >= 11 is 0. The smallest absolute Gasteiger partial charge is 0.256 e. The van der Waals surface area contributed by atoms with Crippen LogP contribution < -0.4 is 16.0 Å². The van der Waals surface area contributed by atoms with Crippen LogP contribution in [0.25, 0.3) is 0 Å². The van der Waals surface area contributed by atoms with Gasteiger partial charge in [0.25, 0.3) is 5.91 Å². The summed E-state index contributed by atoms with van der Waals surface area (Å²) in [6.45, 7) is 2.74. The number of nitrogens with one attached hydrogen (secondary N) is 3. The lowest BCUT2D eigenvalue weighted by Crippen LogP contribution is -2.21. The van der Waals surface area contributed by atoms with Crippen molar-refractivity contribution in [2.24, 2.45) is 0 Å². The van der Waals surface area contributed by atoms with E-state index in [0.29, 0.717) is 23.6 Å². The van der Waals surface area contributed by atoms with Crippen LogP contribution in [0, 0.1) is 6.92 Å². The Morgan fingerprint density at radius 2 is 1.69 bits per heavy atom. The van der Waals surface area contributed by atoms with Crippen LogP contribution in [0.5, 0.6) is 0 Å². The van der Waals surface area contributed by atoms with Gasteiger partial charge in [-0.3, -0.25) is 9.59 Å². The van der Waals surface area contributed by atoms with E-state index >= 15 is 0 Å². The number of amides is 2. The van der Waals surface area contributed by atoms with Gasteiger partial charge in [0.15, 0.2) is 0 Å². The Hall–Kier alpha value is -3.67. The molecule has 0 aliphatic carbocycles. The molecule has 2 aromatic carbocycles. The third-order valence-electron chi connectivity index (χ3n) is 4.51. The lowest BCUT2D eigenvalue weighted by atomic mass is 10.1. The molecule has 0 spiro atoms. The minimum absolute atomic E-state index is 0.129. The Morgan fingerprint density at radius 1 is 0.931 bits per heavy atom. The summed E-state index contributed by atoms with van der Waals surface area (Å²) in [5.74, 6) is 0.0468. The van der Waals surface area contributed by atoms with Crippen LogP contribution >= 0.6 is 0 Å². The molecule has 29 heavy (non-hydrogen) atoms. The van der Waals surface area contributed by atoms with Gasteiger partial charge in [0.2, 0.25) is 5.91 Å². The van der Waals surface area contributed by atoms with Crippen molar-refractivity contribution in [1.29, 1.82) is 0 Å². The van der Waals surface area contributed by atoms with E-state index in [1.807, 2.05) is 30.3 Å². The molecule has 0 radical (unpaired) electrons. The summed E-state index contributed by atoms with van der Waals surface area (Å²) in [4.78, 5) is 28.3. The number of hydrogen-bond acceptors (Lipinski definition) is 4. The fourth-order valence-electron chi connectivity index (χ4n) is 2.83. The van der Waals surface area contributed by atoms with Crippen molar-refractivity contribution in [3.8, 4) is 0 Å². The molecule has 0 unspecified atom stereocenters. The van der Waals surface area contributed by atoms with E-state index in [4.69, 9.17) is 0 Å². The van der Waals surface area contributed by atoms with E-state index in [1.165, 1.54) is 5.56 Å². The predicted octanol–water partition coefficient (Wildman–Crippen LogP) is 3.54. The lowest BCUT2D eigenvalue weighted by Gasteiger charge is -2.10. The van der Waals surface area contributed by atoms with Gasteiger partial charge < -0.3 is 16.0 Å². The fraction of sp³-hybridized carbons (Fsp3) is 0.174. The number of benzene rings is 2. The SMILES string of the molecule is CNC(=O)Cc1cccc(NC(=O)c2ccc(CNc3ccccc3C)cc2)n1. The van der Waals surface area contributed by atoms with E-state index in [1.54, 1.807) is 37.4 Å². The van der Waals surface area contributed by atoms with Crippen LogP contribution in [-0.4, -0.2) is 23.8 Å². The third kappa shape index (κ3) is 5.65. The zero-order chi connectivity index (χ0) is 20.6. The molecule has 1 aromatic heterocycles. The molecule has 0 aliphatic heterocycles. The summed E-state index contributed by atoms with van der Waals surface area (Å²) in [5.41, 5.74) is 4.50. The molecule has 2 amide bonds. The minimum atomic E-state index is -0.243. The van der Waals surface area contributed by atoms with Gasteiger partial charge >= 0.3 is 0 Å². The van der Waals surface area contributed by atoms with E-state index in [2.05, 4.69) is 33.9 Å². The second-order valence-electron chi connectivity index (χ2n) is 6.68. The second kappa shape index (κ2) is 9.50. The van der Waals surface area contributed by atoms with Crippen LogP contribution in [0.4, 0.5) is 11.5 Å². The number of nitrogens with zero attached hydrogens (tertiary/aromatic N) is 1. The molecule has 0 bridgehead atoms. The monoisotopic (exact) mass is 388 g/mol. The number of rotatable bonds is 7. The van der Waals surface area contributed by atoms with Crippen molar-refractivity contribution in [3.05, 3.63) is 89.1 Å². The topological polar surface area (TPSA) is 83.1 Å². The predicted molar refractivity (Wildman–Crippen MR) is 115 cm³/mol. The van der Waals surface area contributed by atoms with Crippen LogP contribution in [0.2, 0.25) is 0 Å². The largest absolute Gasteiger partial charge is 0.381 e. The third-order valence-corrected chi connectivity index (χ3v) is 4.51. The first-order valence-electron chi connectivity index (χ1n) is 9.41. The highest BCUT2D eigenvalue weighted by Gasteiger charge is 2.09. The average molecular weight is 388 g/mol. The summed E-state index contributed by atoms with van der Waals surface area (Å²) in [6.07, 6.45) is 0.169. The van der Waals surface area contributed by atoms with Crippen molar-refractivity contribution in [1.82, 2.24) is 10.3 Å². The van der Waals surface area contributed by atoms with Gasteiger partial charge in [0.05, 0.1) is 12.1 Å². The molecule has 148 valence electrons. The van der Waals surface area contributed by atoms with E-state index in [-0.39, 0.29) is 18.2 Å². The molecule has 0 aliphatic rings. The molecule has 0 atom stereocenters. The summed E-state index contributed by atoms with van der Waals surface area (Å²) < 4.78 is 0. The van der Waals surface area contributed by atoms with Crippen LogP contribution in [-0.2, 0) is 17.8 Å². The van der Waals surface area contributed by atoms with Gasteiger partial charge in [0.1, 0.15) is 5.82 Å². The van der Waals surface area contributed by atoms with Crippen molar-refractivity contribution in [2.75, 3.05) is 17.7 Å². The highest BCUT2D eigenvalue weighted by molar-refractivity contribution is 6.03. The Bertz CT molecular complexity index is 1000. The molecule has 3 N–H and O–H groups in total. The van der Waals surface area contributed by atoms with Gasteiger partial charge in [-0.2, -0.15) is 0 Å². The van der Waals surface area contributed by atoms with Gasteiger partial charge in [-0.15, -0.1) is 0 Å². The zero-order valence-corrected chi connectivity index (χ0v) is 16.5. The molecule has 3 rings (SSSR count). The highest BCUT2D eigenvalue weighted by atomic mass is 16.2. The number of para-hydroxylation sites is 1. The Balaban J connectivity index is 1.60. The zero-order valence-electron chi connectivity index (χ0n) is 16.5. The number of anilines is 2. The molecule has 1 heterocycles. The number of hydrogen-bond donors (Lipinski definition) is 3. The van der Waals surface area contributed by atoms with E-state index in [0.717, 1.165) is 11.3 Å². The number of aromatic nitrogens is 1. The highest BCUT2D eigenvalue weighted by Crippen LogP contribution is 2.15. The Morgan fingerprint density at radius 3 is 2.41 bits per heavy atom. The Labute approximate surface area is 170 Å². The quantitative estimate of drug-likeness (QED) is 0.578. The maximum Gasteiger partial charge on any atom is 0.256 e. The molecule has 0 saturated heterocycles. The number of likely N-dealkylation sites (N-methyl/N-ethyl adjacent to an activating group) is 1. The van der Waals surface area contributed by atoms with E-state index < -0.39 is 0 Å². The van der Waals surface area contributed by atoms with Crippen molar-refractivity contribution in [2.45, 2.75) is 19.9 Å². The summed E-state index contributed by atoms with van der Waals surface area (Å²) in [6, 6.07) is 20.8. The minimum Gasteiger partial charge on any atom is -0.381 e. The number of carbonyl (C=O) groups is 2. The fourth-order valence-corrected chi connectivity index (χ4v) is 2.83. The second-order valence-corrected chi connectivity index (χ2v) is 6.68. The molecule has 6 nitrogen and oxygen atoms in total. The maximum absolute atomic E-state index is 12.5. The number of aryl methyl sites for hydroxylation is 1. The normalized spacial score (nSPS) is 10.3. The van der Waals surface area contributed by atoms with Crippen LogP contribution in [0.1, 0.15) is 27.2 Å². The maximum atomic E-state index is 12.5. The first-order valence-corrected chi connectivity index (χ1v) is 9.41. The number of pyridine rings is 1. The first-order chi connectivity index (χ1) is 14.0. The van der Waals surface area contributed by atoms with Crippen LogP contribution in [0.3, 0.4) is 0 Å². The first kappa shape index (κ1) is 20.1. The standard InChI is InChI=1S/C23H24N4O2/c1-16-6-3-4-8-20(16)25-15-17-10-12-18(13-11-17)23(29)27-21-9-5-7-19(26-21)14-22(28)24-2/h3-13,25H,14-15H2,1-2H3,(H,24,28)(H,26,27,29). The van der Waals surface area contributed by atoms with Gasteiger partial charge in [-0.1, -0.05) is 36.4 Å². The molecule has 0 saturated carbocycles. The van der Waals surface area contributed by atoms with Crippen molar-refractivity contribution in [3.63, 3.8) is 0 Å². The van der Waals surface area contributed by atoms with Gasteiger partial charge in [0, 0.05) is 24.8 Å². The van der Waals surface area contributed by atoms with Gasteiger partial charge in [-0.25, -0.2) is 4.98 Å². The van der Waals surface area contributed by atoms with E-state index in [9.17, 15) is 9.59 Å². The molecule has 0 fully saturated rings. The summed E-state index contributed by atoms with van der Waals surface area (Å²) in [7, 11) is 1.58. The Kier molecular flexibility index (Phi) is 6.58. The average Bonchev–Trinajstić information content (AvgIpc) is 2.73. The molecule has 3 aromatic rings. The lowest BCUT2D eigenvalue weighted by molar-refractivity contribution is -0.120. The van der Waals surface area contributed by atoms with Crippen molar-refractivity contribution >= 4 is 23.3 Å². The molecular formula is C23H24N4O2. The van der Waals surface area contributed by atoms with Gasteiger partial charge in [-0.05, 0) is 48.4 Å². The van der Waals surface area contributed by atoms with Crippen LogP contribution in [0.15, 0.2) is 66.7 Å². The summed E-state index contributed by atoms with van der Waals surface area (Å²) in [5, 5.41) is 8.74. The van der Waals surface area contributed by atoms with Crippen molar-refractivity contribution < 1.29 is 9.59 Å².